The molecule has 0 atom stereocenters. The molecule has 0 amide bonds. The molecule has 0 N–H and O–H groups in total. The fraction of sp³-hybridized carbons (Fsp3) is 0.333. The van der Waals surface area contributed by atoms with Crippen LogP contribution in [0.3, 0.4) is 0 Å². The first kappa shape index (κ1) is 19.8. The summed E-state index contributed by atoms with van der Waals surface area (Å²) in [4.78, 5) is 36.6. The molecule has 0 aliphatic heterocycles. The van der Waals surface area contributed by atoms with Crippen molar-refractivity contribution in [2.45, 2.75) is 27.3 Å². The van der Waals surface area contributed by atoms with Crippen LogP contribution in [0.25, 0.3) is 0 Å². The van der Waals surface area contributed by atoms with Crippen molar-refractivity contribution in [1.82, 2.24) is 9.78 Å². The van der Waals surface area contributed by atoms with Gasteiger partial charge in [0.05, 0.1) is 13.2 Å². The number of esters is 2. The van der Waals surface area contributed by atoms with Gasteiger partial charge in [-0.2, -0.15) is 5.10 Å². The Hall–Kier alpha value is -2.48. The summed E-state index contributed by atoms with van der Waals surface area (Å²) >= 11 is 3.39. The number of halogens is 1. The number of benzene rings is 1. The van der Waals surface area contributed by atoms with E-state index < -0.39 is 11.9 Å². The number of Topliss-reactive ketones (excluding diaryl/α,β-unsaturated/α-hetero) is 1. The van der Waals surface area contributed by atoms with E-state index in [2.05, 4.69) is 21.0 Å². The molecule has 0 radical (unpaired) electrons. The summed E-state index contributed by atoms with van der Waals surface area (Å²) in [6, 6.07) is 6.48. The van der Waals surface area contributed by atoms with Gasteiger partial charge in [-0.3, -0.25) is 4.79 Å². The van der Waals surface area contributed by atoms with Crippen molar-refractivity contribution >= 4 is 33.7 Å². The lowest BCUT2D eigenvalue weighted by Gasteiger charge is -2.07. The highest BCUT2D eigenvalue weighted by molar-refractivity contribution is 9.10. The van der Waals surface area contributed by atoms with Gasteiger partial charge in [0.25, 0.3) is 0 Å². The minimum atomic E-state index is -0.663. The lowest BCUT2D eigenvalue weighted by atomic mass is 10.1. The van der Waals surface area contributed by atoms with Gasteiger partial charge in [-0.1, -0.05) is 22.0 Å². The molecule has 0 aliphatic carbocycles. The molecule has 0 saturated heterocycles. The molecular weight excluding hydrogens is 404 g/mol. The summed E-state index contributed by atoms with van der Waals surface area (Å²) < 4.78 is 11.9. The number of carbonyl (C=O) groups is 3. The van der Waals surface area contributed by atoms with Crippen LogP contribution >= 0.6 is 15.9 Å². The lowest BCUT2D eigenvalue weighted by Crippen LogP contribution is -2.18. The van der Waals surface area contributed by atoms with Crippen molar-refractivity contribution in [3.63, 3.8) is 0 Å². The number of nitrogens with zero attached hydrogens (tertiary/aromatic N) is 2. The molecule has 0 unspecified atom stereocenters. The molecule has 1 aromatic heterocycles. The summed E-state index contributed by atoms with van der Waals surface area (Å²) in [5, 5.41) is 4.05. The van der Waals surface area contributed by atoms with Crippen LogP contribution < -0.4 is 0 Å². The molecule has 0 aliphatic rings. The average Bonchev–Trinajstić information content (AvgIpc) is 3.01. The van der Waals surface area contributed by atoms with Crippen LogP contribution in [-0.4, -0.2) is 40.7 Å². The smallest absolute Gasteiger partial charge is 0.358 e. The quantitative estimate of drug-likeness (QED) is 0.502. The van der Waals surface area contributed by atoms with Crippen LogP contribution in [0.1, 0.15) is 50.7 Å². The van der Waals surface area contributed by atoms with Gasteiger partial charge in [0, 0.05) is 16.1 Å². The third-order valence-electron chi connectivity index (χ3n) is 3.52. The van der Waals surface area contributed by atoms with Crippen LogP contribution in [0.4, 0.5) is 0 Å². The minimum Gasteiger partial charge on any atom is -0.461 e. The van der Waals surface area contributed by atoms with E-state index in [9.17, 15) is 14.4 Å². The SMILES string of the molecule is CCOC(=O)c1cc(C(=O)OCC)n(CC(=O)c2ccc(Br)c(C)c2)n1. The Kier molecular flexibility index (Phi) is 6.68. The van der Waals surface area contributed by atoms with Gasteiger partial charge in [0.1, 0.15) is 12.2 Å². The van der Waals surface area contributed by atoms with Crippen molar-refractivity contribution in [2.24, 2.45) is 0 Å². The summed E-state index contributed by atoms with van der Waals surface area (Å²) in [5.74, 6) is -1.57. The van der Waals surface area contributed by atoms with Crippen molar-refractivity contribution in [1.29, 1.82) is 0 Å². The molecule has 0 bridgehead atoms. The Balaban J connectivity index is 2.33. The third-order valence-corrected chi connectivity index (χ3v) is 4.41. The second-order valence-corrected chi connectivity index (χ2v) is 6.25. The first-order valence-electron chi connectivity index (χ1n) is 8.08. The number of aryl methyl sites for hydroxylation is 1. The first-order chi connectivity index (χ1) is 12.4. The molecule has 7 nitrogen and oxygen atoms in total. The zero-order chi connectivity index (χ0) is 19.3. The number of rotatable bonds is 7. The molecule has 26 heavy (non-hydrogen) atoms. The molecule has 1 heterocycles. The topological polar surface area (TPSA) is 87.5 Å². The largest absolute Gasteiger partial charge is 0.461 e. The summed E-state index contributed by atoms with van der Waals surface area (Å²) in [5.41, 5.74) is 1.37. The van der Waals surface area contributed by atoms with E-state index in [1.54, 1.807) is 32.0 Å². The normalized spacial score (nSPS) is 10.5. The number of ether oxygens (including phenoxy) is 2. The van der Waals surface area contributed by atoms with Gasteiger partial charge < -0.3 is 9.47 Å². The Morgan fingerprint density at radius 3 is 2.35 bits per heavy atom. The van der Waals surface area contributed by atoms with Crippen LogP contribution in [0, 0.1) is 6.92 Å². The molecule has 138 valence electrons. The Morgan fingerprint density at radius 2 is 1.73 bits per heavy atom. The van der Waals surface area contributed by atoms with Crippen LogP contribution in [0.15, 0.2) is 28.7 Å². The standard InChI is InChI=1S/C18H19BrN2O5/c1-4-25-17(23)14-9-15(18(24)26-5-2)21(20-14)10-16(22)12-6-7-13(19)11(3)8-12/h6-9H,4-5,10H2,1-3H3. The van der Waals surface area contributed by atoms with Gasteiger partial charge in [-0.25, -0.2) is 14.3 Å². The van der Waals surface area contributed by atoms with Crippen LogP contribution in [-0.2, 0) is 16.0 Å². The molecule has 0 saturated carbocycles. The molecule has 8 heteroatoms. The van der Waals surface area contributed by atoms with Crippen LogP contribution in [0.5, 0.6) is 0 Å². The zero-order valence-electron chi connectivity index (χ0n) is 14.7. The van der Waals surface area contributed by atoms with Gasteiger partial charge in [-0.15, -0.1) is 0 Å². The monoisotopic (exact) mass is 422 g/mol. The summed E-state index contributed by atoms with van der Waals surface area (Å²) in [7, 11) is 0. The lowest BCUT2D eigenvalue weighted by molar-refractivity contribution is 0.0505. The molecule has 0 spiro atoms. The summed E-state index contributed by atoms with van der Waals surface area (Å²) in [6.45, 7) is 5.35. The van der Waals surface area contributed by atoms with Crippen molar-refractivity contribution in [3.05, 3.63) is 51.3 Å². The van der Waals surface area contributed by atoms with E-state index in [1.807, 2.05) is 6.92 Å². The highest BCUT2D eigenvalue weighted by Crippen LogP contribution is 2.18. The molecule has 1 aromatic carbocycles. The third kappa shape index (κ3) is 4.57. The summed E-state index contributed by atoms with van der Waals surface area (Å²) in [6.07, 6.45) is 0. The average molecular weight is 423 g/mol. The van der Waals surface area contributed by atoms with Gasteiger partial charge in [0.2, 0.25) is 0 Å². The second kappa shape index (κ2) is 8.75. The molecule has 2 rings (SSSR count). The van der Waals surface area contributed by atoms with Crippen molar-refractivity contribution < 1.29 is 23.9 Å². The predicted octanol–water partition coefficient (Wildman–Crippen LogP) is 3.19. The van der Waals surface area contributed by atoms with Crippen molar-refractivity contribution in [3.8, 4) is 0 Å². The van der Waals surface area contributed by atoms with E-state index in [4.69, 9.17) is 9.47 Å². The Morgan fingerprint density at radius 1 is 1.08 bits per heavy atom. The maximum atomic E-state index is 12.6. The highest BCUT2D eigenvalue weighted by Gasteiger charge is 2.22. The van der Waals surface area contributed by atoms with E-state index in [1.165, 1.54) is 10.7 Å². The maximum Gasteiger partial charge on any atom is 0.358 e. The first-order valence-corrected chi connectivity index (χ1v) is 8.88. The molecule has 2 aromatic rings. The number of carbonyl (C=O) groups excluding carboxylic acids is 3. The molecule has 0 fully saturated rings. The Labute approximate surface area is 159 Å². The van der Waals surface area contributed by atoms with Crippen molar-refractivity contribution in [2.75, 3.05) is 13.2 Å². The fourth-order valence-electron chi connectivity index (χ4n) is 2.26. The van der Waals surface area contributed by atoms with E-state index in [-0.39, 0.29) is 36.9 Å². The number of hydrogen-bond acceptors (Lipinski definition) is 6. The molecular formula is C18H19BrN2O5. The Bertz CT molecular complexity index is 844. The minimum absolute atomic E-state index is 0.0251. The number of ketones is 1. The van der Waals surface area contributed by atoms with E-state index in [0.717, 1.165) is 10.0 Å². The van der Waals surface area contributed by atoms with E-state index in [0.29, 0.717) is 5.56 Å². The predicted molar refractivity (Wildman–Crippen MR) is 97.3 cm³/mol. The number of aromatic nitrogens is 2. The zero-order valence-corrected chi connectivity index (χ0v) is 16.3. The number of hydrogen-bond donors (Lipinski definition) is 0. The highest BCUT2D eigenvalue weighted by atomic mass is 79.9. The van der Waals surface area contributed by atoms with Crippen LogP contribution in [0.2, 0.25) is 0 Å². The van der Waals surface area contributed by atoms with Gasteiger partial charge in [-0.05, 0) is 38.5 Å². The fourth-order valence-corrected chi connectivity index (χ4v) is 2.50. The van der Waals surface area contributed by atoms with E-state index >= 15 is 0 Å². The van der Waals surface area contributed by atoms with Gasteiger partial charge >= 0.3 is 11.9 Å². The second-order valence-electron chi connectivity index (χ2n) is 5.40. The maximum absolute atomic E-state index is 12.6. The van der Waals surface area contributed by atoms with Gasteiger partial charge in [0.15, 0.2) is 11.5 Å².